The molecule has 408 valence electrons. The maximum Gasteiger partial charge on any atom is 0.267 e. The van der Waals surface area contributed by atoms with Crippen LogP contribution in [0.25, 0.3) is 0 Å². The Labute approximate surface area is 459 Å². The van der Waals surface area contributed by atoms with Crippen molar-refractivity contribution in [1.29, 1.82) is 5.26 Å². The number of aromatic hydroxyl groups is 1. The Hall–Kier alpha value is -10.5. The number of methoxy groups -OCH3 is 3. The first-order valence-corrected chi connectivity index (χ1v) is 24.9. The Bertz CT molecular complexity index is 3550. The summed E-state index contributed by atoms with van der Waals surface area (Å²) < 4.78 is 27.8. The second kappa shape index (κ2) is 25.1. The molecule has 2 aromatic heterocycles. The number of anilines is 2. The number of phenols is 1. The first-order chi connectivity index (χ1) is 38.6. The Morgan fingerprint density at radius 2 is 1.04 bits per heavy atom. The summed E-state index contributed by atoms with van der Waals surface area (Å²) in [5, 5.41) is 21.7. The number of phenolic OH excluding ortho intramolecular Hbond substituents is 1. The molecule has 80 heavy (non-hydrogen) atoms. The largest absolute Gasteiger partial charge is 0.504 e. The van der Waals surface area contributed by atoms with E-state index in [0.29, 0.717) is 89.7 Å². The number of nitrogens with one attached hydrogen (secondary N) is 1. The highest BCUT2D eigenvalue weighted by Crippen LogP contribution is 2.41. The van der Waals surface area contributed by atoms with Gasteiger partial charge in [-0.05, 0) is 102 Å². The zero-order valence-corrected chi connectivity index (χ0v) is 43.7. The first-order valence-electron chi connectivity index (χ1n) is 24.9. The number of hydrogen-bond donors (Lipinski definition) is 5. The summed E-state index contributed by atoms with van der Waals surface area (Å²) in [5.74, 6) is 1.09. The lowest BCUT2D eigenvalue weighted by Crippen LogP contribution is -2.25. The number of pyridine rings is 2. The number of rotatable bonds is 15. The molecule has 0 unspecified atom stereocenters. The fourth-order valence-electron chi connectivity index (χ4n) is 9.30. The van der Waals surface area contributed by atoms with Crippen molar-refractivity contribution in [2.24, 2.45) is 17.2 Å². The molecular formula is C59H55N9O12. The Morgan fingerprint density at radius 3 is 1.50 bits per heavy atom. The summed E-state index contributed by atoms with van der Waals surface area (Å²) in [6.45, 7) is 1.48. The van der Waals surface area contributed by atoms with Gasteiger partial charge in [0.05, 0.1) is 32.5 Å². The number of carbonyl (C=O) groups is 6. The second-order valence-electron chi connectivity index (χ2n) is 18.5. The molecule has 3 aliphatic rings. The number of hydrogen-bond acceptors (Lipinski definition) is 15. The number of ether oxygens (including phenoxy) is 5. The fraction of sp³-hybridized carbons (Fsp3) is 0.203. The molecule has 21 heteroatoms. The van der Waals surface area contributed by atoms with E-state index < -0.39 is 17.7 Å². The van der Waals surface area contributed by atoms with Crippen LogP contribution in [0.15, 0.2) is 140 Å². The van der Waals surface area contributed by atoms with Gasteiger partial charge in [0.1, 0.15) is 29.0 Å². The molecule has 0 spiro atoms. The third-order valence-corrected chi connectivity index (χ3v) is 13.4. The monoisotopic (exact) mass is 1080 g/mol. The van der Waals surface area contributed by atoms with E-state index in [9.17, 15) is 39.1 Å². The van der Waals surface area contributed by atoms with Gasteiger partial charge in [-0.1, -0.05) is 42.5 Å². The molecule has 0 saturated carbocycles. The van der Waals surface area contributed by atoms with E-state index in [2.05, 4.69) is 21.4 Å². The zero-order valence-electron chi connectivity index (χ0n) is 43.7. The van der Waals surface area contributed by atoms with Crippen molar-refractivity contribution in [1.82, 2.24) is 15.3 Å². The lowest BCUT2D eigenvalue weighted by Gasteiger charge is -2.18. The maximum atomic E-state index is 12.7. The van der Waals surface area contributed by atoms with Gasteiger partial charge in [-0.15, -0.1) is 0 Å². The Balaban J connectivity index is 0.000000168. The van der Waals surface area contributed by atoms with Crippen LogP contribution in [0, 0.1) is 11.3 Å². The maximum absolute atomic E-state index is 12.7. The summed E-state index contributed by atoms with van der Waals surface area (Å²) in [4.78, 5) is 82.2. The van der Waals surface area contributed by atoms with E-state index >= 15 is 0 Å². The van der Waals surface area contributed by atoms with E-state index in [1.165, 1.54) is 38.7 Å². The van der Waals surface area contributed by atoms with Crippen LogP contribution in [0.4, 0.5) is 11.4 Å². The van der Waals surface area contributed by atoms with E-state index in [1.807, 2.05) is 24.3 Å². The summed E-state index contributed by atoms with van der Waals surface area (Å²) in [6, 6.07) is 38.2. The van der Waals surface area contributed by atoms with E-state index in [1.54, 1.807) is 108 Å². The van der Waals surface area contributed by atoms with Crippen molar-refractivity contribution in [2.45, 2.75) is 37.0 Å². The molecule has 7 aromatic rings. The first kappa shape index (κ1) is 55.7. The summed E-state index contributed by atoms with van der Waals surface area (Å²) in [5.41, 5.74) is 20.8. The molecule has 3 atom stereocenters. The van der Waals surface area contributed by atoms with Gasteiger partial charge in [-0.3, -0.25) is 38.7 Å². The predicted octanol–water partition coefficient (Wildman–Crippen LogP) is 6.98. The van der Waals surface area contributed by atoms with Crippen LogP contribution in [-0.4, -0.2) is 91.5 Å². The lowest BCUT2D eigenvalue weighted by molar-refractivity contribution is -0.119. The Kier molecular flexibility index (Phi) is 17.5. The molecule has 0 radical (unpaired) electrons. The van der Waals surface area contributed by atoms with Crippen LogP contribution < -0.4 is 56.0 Å². The third kappa shape index (κ3) is 13.0. The molecule has 5 heterocycles. The molecule has 21 nitrogen and oxygen atoms in total. The van der Waals surface area contributed by atoms with Crippen molar-refractivity contribution >= 4 is 46.8 Å². The lowest BCUT2D eigenvalue weighted by atomic mass is 9.98. The number of benzene rings is 5. The summed E-state index contributed by atoms with van der Waals surface area (Å²) in [6.07, 6.45) is 3.98. The van der Waals surface area contributed by atoms with Crippen LogP contribution in [0.2, 0.25) is 0 Å². The number of carbonyl (C=O) groups excluding carboxylic acids is 6. The van der Waals surface area contributed by atoms with E-state index in [-0.39, 0.29) is 64.6 Å². The molecule has 0 aliphatic carbocycles. The predicted molar refractivity (Wildman–Crippen MR) is 292 cm³/mol. The van der Waals surface area contributed by atoms with Crippen LogP contribution >= 0.6 is 0 Å². The molecule has 0 bridgehead atoms. The minimum absolute atomic E-state index is 0.0651. The van der Waals surface area contributed by atoms with Crippen molar-refractivity contribution < 1.29 is 57.6 Å². The van der Waals surface area contributed by atoms with Gasteiger partial charge >= 0.3 is 0 Å². The van der Waals surface area contributed by atoms with Gasteiger partial charge in [-0.25, -0.2) is 0 Å². The number of para-hydroxylation sites is 2. The highest BCUT2D eigenvalue weighted by atomic mass is 16.5. The summed E-state index contributed by atoms with van der Waals surface area (Å²) >= 11 is 0. The van der Waals surface area contributed by atoms with Crippen molar-refractivity contribution in [3.05, 3.63) is 179 Å². The highest BCUT2D eigenvalue weighted by Gasteiger charge is 2.34. The standard InChI is InChI=1S/C24H22N4O5.C24H20N4O4.C11H13NO3/c1-32-20-7-6-14(10-21(20)33-19-5-3-2-4-17(19)23(25)30)15-11-22(29)28(13-15)16-8-9-27-18(12-16)24(26)31;1-31-21-7-6-15(10-22(21)32-20-5-3-2-4-16(20)13-25)17-11-23(29)28(14-17)18-8-9-27-19(12-18)24(26)30;1-15-10-3-2-7(4-9(10)13)8-5-11(14)12-6-8/h2-10,12,15H,11,13H2,1H3,(H2,25,30)(H2,26,31);2-10,12,17H,11,14H2,1H3,(H2,26,30);2-4,8,13H,5-6H2,1H3,(H,12,14)/t15-;17-;8-/m000/s1. The minimum Gasteiger partial charge on any atom is -0.504 e. The second-order valence-corrected chi connectivity index (χ2v) is 18.5. The number of aromatic nitrogens is 2. The van der Waals surface area contributed by atoms with Gasteiger partial charge in [-0.2, -0.15) is 5.26 Å². The number of nitriles is 1. The van der Waals surface area contributed by atoms with E-state index in [4.69, 9.17) is 40.9 Å². The molecule has 3 fully saturated rings. The van der Waals surface area contributed by atoms with Crippen molar-refractivity contribution in [3.8, 4) is 52.1 Å². The van der Waals surface area contributed by atoms with Gasteiger partial charge in [0, 0.05) is 80.4 Å². The average Bonchev–Trinajstić information content (AvgIpc) is 4.22. The van der Waals surface area contributed by atoms with Gasteiger partial charge in [0.25, 0.3) is 17.7 Å². The van der Waals surface area contributed by atoms with Crippen molar-refractivity contribution in [2.75, 3.05) is 50.8 Å². The molecule has 6 amide bonds. The van der Waals surface area contributed by atoms with Crippen LogP contribution in [-0.2, 0) is 14.4 Å². The molecule has 5 aromatic carbocycles. The molecular weight excluding hydrogens is 1030 g/mol. The summed E-state index contributed by atoms with van der Waals surface area (Å²) in [7, 11) is 4.57. The number of nitrogens with two attached hydrogens (primary N) is 3. The van der Waals surface area contributed by atoms with Crippen molar-refractivity contribution in [3.63, 3.8) is 0 Å². The third-order valence-electron chi connectivity index (χ3n) is 13.4. The smallest absolute Gasteiger partial charge is 0.267 e. The molecule has 3 aliphatic heterocycles. The zero-order chi connectivity index (χ0) is 57.0. The fourth-order valence-corrected chi connectivity index (χ4v) is 9.30. The van der Waals surface area contributed by atoms with Gasteiger partial charge in [0.2, 0.25) is 17.7 Å². The molecule has 8 N–H and O–H groups in total. The number of nitrogens with zero attached hydrogens (tertiary/aromatic N) is 5. The number of amides is 6. The van der Waals surface area contributed by atoms with Gasteiger partial charge < -0.3 is 61.1 Å². The van der Waals surface area contributed by atoms with Gasteiger partial charge in [0.15, 0.2) is 34.5 Å². The SMILES string of the molecule is COc1ccc([C@@H]2CNC(=O)C2)cc1O.COc1ccc([C@H]2CC(=O)N(c3ccnc(C(N)=O)c3)C2)cc1Oc1ccccc1C#N.COc1ccc([C@H]2CC(=O)N(c3ccnc(C(N)=O)c3)C2)cc1Oc1ccccc1C(N)=O. The molecule has 3 saturated heterocycles. The highest BCUT2D eigenvalue weighted by molar-refractivity contribution is 6.00. The normalized spacial score (nSPS) is 16.2. The van der Waals surface area contributed by atoms with Crippen LogP contribution in [0.1, 0.15) is 90.6 Å². The topological polar surface area (TPSA) is 315 Å². The minimum atomic E-state index is -0.659. The quantitative estimate of drug-likeness (QED) is 0.0692. The van der Waals surface area contributed by atoms with E-state index in [0.717, 1.165) is 16.7 Å². The van der Waals surface area contributed by atoms with Crippen LogP contribution in [0.5, 0.6) is 46.0 Å². The Morgan fingerprint density at radius 1 is 0.562 bits per heavy atom. The molecule has 10 rings (SSSR count). The average molecular weight is 1080 g/mol. The van der Waals surface area contributed by atoms with Crippen LogP contribution in [0.3, 0.4) is 0 Å². The number of primary amides is 3.